The summed E-state index contributed by atoms with van der Waals surface area (Å²) in [4.78, 5) is 0. The van der Waals surface area contributed by atoms with Crippen LogP contribution in [0.2, 0.25) is 0 Å². The highest BCUT2D eigenvalue weighted by atomic mass is 32.2. The van der Waals surface area contributed by atoms with Crippen LogP contribution in [0.4, 0.5) is 22.0 Å². The van der Waals surface area contributed by atoms with E-state index in [9.17, 15) is 22.0 Å². The van der Waals surface area contributed by atoms with E-state index in [0.29, 0.717) is 39.7 Å². The zero-order valence-corrected chi connectivity index (χ0v) is 98.6. The van der Waals surface area contributed by atoms with E-state index in [1.54, 1.807) is 43.2 Å². The maximum absolute atomic E-state index is 12.6. The minimum Gasteiger partial charge on any atom is -0.378 e. The molecule has 0 N–H and O–H groups in total. The molecule has 9 atom stereocenters. The summed E-state index contributed by atoms with van der Waals surface area (Å²) in [6.07, 6.45) is 22.2. The lowest BCUT2D eigenvalue weighted by Crippen LogP contribution is -2.29. The van der Waals surface area contributed by atoms with Gasteiger partial charge in [-0.05, 0) is 336 Å². The molecule has 0 spiro atoms. The molecule has 9 unspecified atom stereocenters. The number of halogens is 5. The van der Waals surface area contributed by atoms with Gasteiger partial charge in [-0.1, -0.05) is 375 Å². The van der Waals surface area contributed by atoms with Gasteiger partial charge in [0.2, 0.25) is 0 Å². The number of benzene rings is 10. The fourth-order valence-electron chi connectivity index (χ4n) is 16.6. The van der Waals surface area contributed by atoms with Gasteiger partial charge in [0.05, 0.1) is 31.4 Å². The Labute approximate surface area is 875 Å². The molecule has 12 heteroatoms. The van der Waals surface area contributed by atoms with Crippen LogP contribution in [-0.4, -0.2) is 66.1 Å². The van der Waals surface area contributed by atoms with E-state index in [4.69, 9.17) is 18.9 Å². The Morgan fingerprint density at radius 3 is 0.972 bits per heavy atom. The fraction of sp³-hybridized carbons (Fsp3) is 0.581. The van der Waals surface area contributed by atoms with E-state index >= 15 is 0 Å². The van der Waals surface area contributed by atoms with Crippen molar-refractivity contribution in [3.05, 3.63) is 282 Å². The molecular formula is C129H201F5O4S3. The summed E-state index contributed by atoms with van der Waals surface area (Å²) in [7, 11) is 0. The molecule has 4 nitrogen and oxygen atoms in total. The van der Waals surface area contributed by atoms with Crippen LogP contribution < -0.4 is 0 Å². The second-order valence-electron chi connectivity index (χ2n) is 39.6. The molecule has 7 fully saturated rings. The predicted molar refractivity (Wildman–Crippen MR) is 623 cm³/mol. The first kappa shape index (κ1) is 135. The Morgan fingerprint density at radius 1 is 0.255 bits per heavy atom. The summed E-state index contributed by atoms with van der Waals surface area (Å²) < 4.78 is 84.9. The SMILES string of the molecule is CC.CC.CC.CC.CC.CC.CC1CCC(C)CC1.CC1CCC(C)OC1.CC1CCC2CC(C)CCC2C1.CC1COC(C)OC1.CC1COC(C)SC1.CC1CSC(C)SC1.Cc1cc(F)c(C)c(F)c1.Cc1ccc(C)c(F)c1.Cc1ccc(C)c(F)c1F.Cc1ccc(C)cc1.Cc1ccc2c(c1)CCC(C)C2.Cc1ccc2c(ccc3cc(C)ccc32)c1.Cc1ccc2cc(C)ccc2c1. The number of hydrogen-bond acceptors (Lipinski definition) is 7. The lowest BCUT2D eigenvalue weighted by atomic mass is 9.65. The number of aryl methyl sites for hydroxylation is 13. The quantitative estimate of drug-likeness (QED) is 0.111. The van der Waals surface area contributed by atoms with E-state index in [1.807, 2.05) is 115 Å². The third kappa shape index (κ3) is 57.4. The molecule has 0 aromatic heterocycles. The number of thioether (sulfide) groups is 3. The van der Waals surface area contributed by atoms with Gasteiger partial charge in [0.1, 0.15) is 17.5 Å². The van der Waals surface area contributed by atoms with Crippen LogP contribution in [0.5, 0.6) is 0 Å². The van der Waals surface area contributed by atoms with Crippen LogP contribution in [0.1, 0.15) is 340 Å². The van der Waals surface area contributed by atoms with Crippen LogP contribution in [0.25, 0.3) is 32.3 Å². The minimum absolute atomic E-state index is 0.0196. The summed E-state index contributed by atoms with van der Waals surface area (Å²) >= 11 is 6.08. The second-order valence-corrected chi connectivity index (χ2v) is 44.0. The van der Waals surface area contributed by atoms with Crippen LogP contribution >= 0.6 is 35.3 Å². The highest BCUT2D eigenvalue weighted by Crippen LogP contribution is 2.44. The van der Waals surface area contributed by atoms with Gasteiger partial charge in [-0.15, -0.1) is 35.3 Å². The highest BCUT2D eigenvalue weighted by molar-refractivity contribution is 8.17. The van der Waals surface area contributed by atoms with Gasteiger partial charge in [0.25, 0.3) is 0 Å². The first-order valence-electron chi connectivity index (χ1n) is 54.5. The highest BCUT2D eigenvalue weighted by Gasteiger charge is 2.33. The van der Waals surface area contributed by atoms with E-state index in [0.717, 1.165) is 95.8 Å². The Bertz CT molecular complexity index is 4500. The summed E-state index contributed by atoms with van der Waals surface area (Å²) in [6, 6.07) is 57.2. The van der Waals surface area contributed by atoms with E-state index in [-0.39, 0.29) is 17.7 Å². The van der Waals surface area contributed by atoms with E-state index < -0.39 is 23.3 Å². The van der Waals surface area contributed by atoms with Crippen molar-refractivity contribution < 1.29 is 40.9 Å². The van der Waals surface area contributed by atoms with Crippen LogP contribution in [0, 0.1) is 184 Å². The van der Waals surface area contributed by atoms with Gasteiger partial charge < -0.3 is 18.9 Å². The molecule has 0 radical (unpaired) electrons. The first-order chi connectivity index (χ1) is 67.2. The summed E-state index contributed by atoms with van der Waals surface area (Å²) in [5, 5.41) is 8.03. The van der Waals surface area contributed by atoms with Crippen molar-refractivity contribution in [1.29, 1.82) is 0 Å². The van der Waals surface area contributed by atoms with Gasteiger partial charge >= 0.3 is 0 Å². The van der Waals surface area contributed by atoms with Gasteiger partial charge in [-0.25, -0.2) is 22.0 Å². The molecule has 4 aliphatic heterocycles. The van der Waals surface area contributed by atoms with Gasteiger partial charge in [0, 0.05) is 28.4 Å². The summed E-state index contributed by atoms with van der Waals surface area (Å²) in [5.74, 6) is 11.8. The Morgan fingerprint density at radius 2 is 0.596 bits per heavy atom. The van der Waals surface area contributed by atoms with Crippen LogP contribution in [0.3, 0.4) is 0 Å². The van der Waals surface area contributed by atoms with Gasteiger partial charge in [-0.3, -0.25) is 0 Å². The predicted octanol–water partition coefficient (Wildman–Crippen LogP) is 41.0. The van der Waals surface area contributed by atoms with Crippen LogP contribution in [-0.2, 0) is 31.8 Å². The van der Waals surface area contributed by atoms with Crippen molar-refractivity contribution in [2.24, 2.45) is 65.1 Å². The number of rotatable bonds is 0. The maximum Gasteiger partial charge on any atom is 0.161 e. The molecule has 10 aromatic carbocycles. The monoisotopic (exact) mass is 2010 g/mol. The van der Waals surface area contributed by atoms with Crippen molar-refractivity contribution in [1.82, 2.24) is 0 Å². The number of ether oxygens (including phenoxy) is 4. The summed E-state index contributed by atoms with van der Waals surface area (Å²) in [6.45, 7) is 81.6. The third-order valence-electron chi connectivity index (χ3n) is 25.4. The fourth-order valence-corrected chi connectivity index (χ4v) is 19.9. The zero-order valence-electron chi connectivity index (χ0n) is 96.1. The van der Waals surface area contributed by atoms with E-state index in [2.05, 4.69) is 282 Å². The Kier molecular flexibility index (Phi) is 74.3. The van der Waals surface area contributed by atoms with Crippen molar-refractivity contribution >= 4 is 67.6 Å². The molecule has 0 bridgehead atoms. The maximum atomic E-state index is 12.6. The normalized spacial score (nSPS) is 22.2. The van der Waals surface area contributed by atoms with Crippen molar-refractivity contribution in [2.75, 3.05) is 43.7 Å². The number of hydrogen-bond donors (Lipinski definition) is 0. The largest absolute Gasteiger partial charge is 0.378 e. The number of fused-ring (bicyclic) bond motifs is 6. The van der Waals surface area contributed by atoms with Crippen molar-refractivity contribution in [2.45, 2.75) is 382 Å². The standard InChI is InChI=1S/C16H14.C12H22.C12H16.C12H12.2C8H8F2.C8H9F.C8H16.C8H10.C7H14O.C6H12O2.C6H12OS.C6H12S2.6C2H6/c1-11-3-7-15-13(9-11)5-6-14-10-12(2)4-8-16(14)15;3*1-9-3-5-12-8-10(2)4-6-11(12)7-9;1-5-3-7(9)6(2)8(10)4-5;1-5-3-4-6(2)8(10)7(5)9;1-6-3-4-7(2)8(9)5-6;2*1-7-3-5-8(2)6-4-7;1-6-3-4-7(2)8-5-6;3*1-5-3-7-6(2)8-4-5;6*1-2/h3-10H,1-2H3;9-12H,3-8H2,1-2H3;3,5,7,10H,4,6,8H2,1-2H3;3-8H,1-2H3;2*3-4H,1-2H3;3-5H,1-2H3;7-8H,3-6H2,1-2H3;3-6H,1-2H3;6-7H,3-5H2,1-2H3;3*5-6H,3-4H2,1-2H3;6*1-2H3. The zero-order chi connectivity index (χ0) is 107. The second kappa shape index (κ2) is 77.9. The molecule has 0 amide bonds. The molecule has 4 heterocycles. The third-order valence-corrected chi connectivity index (χ3v) is 30.1. The van der Waals surface area contributed by atoms with Gasteiger partial charge in [0.15, 0.2) is 17.9 Å². The molecule has 4 aliphatic carbocycles. The minimum atomic E-state index is -0.736. The molecule has 3 saturated carbocycles. The first-order valence-corrected chi connectivity index (χ1v) is 57.7. The van der Waals surface area contributed by atoms with Crippen molar-refractivity contribution in [3.8, 4) is 0 Å². The average Bonchev–Trinajstić information content (AvgIpc) is 0.782. The Hall–Kier alpha value is -6.48. The lowest BCUT2D eigenvalue weighted by molar-refractivity contribution is -0.187. The smallest absolute Gasteiger partial charge is 0.161 e. The van der Waals surface area contributed by atoms with Crippen LogP contribution in [0.15, 0.2) is 170 Å². The molecule has 794 valence electrons. The topological polar surface area (TPSA) is 36.9 Å². The van der Waals surface area contributed by atoms with E-state index in [1.165, 1.54) is 224 Å². The molecular weight excluding hydrogens is 1800 g/mol. The summed E-state index contributed by atoms with van der Waals surface area (Å²) in [5.41, 5.74) is 16.0. The average molecular weight is 2010 g/mol. The lowest BCUT2D eigenvalue weighted by Gasteiger charge is -2.40. The molecule has 10 aromatic rings. The molecule has 141 heavy (non-hydrogen) atoms. The molecule has 4 saturated heterocycles. The van der Waals surface area contributed by atoms with Crippen molar-refractivity contribution in [3.63, 3.8) is 0 Å². The Balaban J connectivity index is 0.00000150. The molecule has 8 aliphatic rings. The van der Waals surface area contributed by atoms with Gasteiger partial charge in [-0.2, -0.15) is 0 Å². The molecule has 18 rings (SSSR count).